The Morgan fingerprint density at radius 1 is 1.21 bits per heavy atom. The first-order chi connectivity index (χ1) is 13.3. The molecule has 0 bridgehead atoms. The monoisotopic (exact) mass is 421 g/mol. The summed E-state index contributed by atoms with van der Waals surface area (Å²) in [5, 5.41) is 3.00. The standard InChI is InChI=1S/C18H16ClN3O5S/c1-11(20-17-14-7-2-3-8-15(14)28(25,26)22-17)18(24)27-10-16(23)21-13-6-4-5-12(19)9-13/h2-9,11H,10H2,1H3,(H,20,22)(H,21,23)/t11-/m1/s1. The predicted octanol–water partition coefficient (Wildman–Crippen LogP) is 1.95. The normalized spacial score (nSPS) is 16.7. The van der Waals surface area contributed by atoms with Crippen molar-refractivity contribution in [2.45, 2.75) is 17.9 Å². The van der Waals surface area contributed by atoms with Crippen molar-refractivity contribution in [3.05, 3.63) is 59.1 Å². The van der Waals surface area contributed by atoms with Gasteiger partial charge in [-0.3, -0.25) is 14.5 Å². The molecule has 0 saturated carbocycles. The molecule has 0 saturated heterocycles. The predicted molar refractivity (Wildman–Crippen MR) is 104 cm³/mol. The average Bonchev–Trinajstić information content (AvgIpc) is 2.90. The SMILES string of the molecule is C[C@@H](N=C1NS(=O)(=O)c2ccccc21)C(=O)OCC(=O)Nc1cccc(Cl)c1. The molecule has 1 atom stereocenters. The molecule has 28 heavy (non-hydrogen) atoms. The number of halogens is 1. The number of nitrogens with zero attached hydrogens (tertiary/aromatic N) is 1. The van der Waals surface area contributed by atoms with E-state index in [1.54, 1.807) is 42.5 Å². The zero-order valence-electron chi connectivity index (χ0n) is 14.7. The van der Waals surface area contributed by atoms with Crippen LogP contribution in [0.25, 0.3) is 0 Å². The fourth-order valence-electron chi connectivity index (χ4n) is 2.50. The van der Waals surface area contributed by atoms with Gasteiger partial charge in [0.1, 0.15) is 11.9 Å². The van der Waals surface area contributed by atoms with Gasteiger partial charge in [-0.05, 0) is 37.3 Å². The summed E-state index contributed by atoms with van der Waals surface area (Å²) in [5.41, 5.74) is 0.847. The van der Waals surface area contributed by atoms with Gasteiger partial charge in [0.2, 0.25) is 0 Å². The molecular weight excluding hydrogens is 406 g/mol. The number of rotatable bonds is 5. The van der Waals surface area contributed by atoms with Gasteiger partial charge < -0.3 is 10.1 Å². The topological polar surface area (TPSA) is 114 Å². The summed E-state index contributed by atoms with van der Waals surface area (Å²) in [6.07, 6.45) is 0. The Bertz CT molecular complexity index is 1070. The number of ether oxygens (including phenoxy) is 1. The highest BCUT2D eigenvalue weighted by Crippen LogP contribution is 2.22. The molecule has 0 radical (unpaired) electrons. The Hall–Kier alpha value is -2.91. The van der Waals surface area contributed by atoms with Gasteiger partial charge in [0.05, 0.1) is 4.90 Å². The maximum absolute atomic E-state index is 12.1. The van der Waals surface area contributed by atoms with Gasteiger partial charge in [0, 0.05) is 16.3 Å². The first kappa shape index (κ1) is 19.8. The van der Waals surface area contributed by atoms with E-state index in [2.05, 4.69) is 15.0 Å². The summed E-state index contributed by atoms with van der Waals surface area (Å²) in [4.78, 5) is 28.2. The molecule has 8 nitrogen and oxygen atoms in total. The molecule has 1 amide bonds. The Morgan fingerprint density at radius 2 is 1.96 bits per heavy atom. The average molecular weight is 422 g/mol. The number of amides is 1. The fraction of sp³-hybridized carbons (Fsp3) is 0.167. The number of nitrogens with one attached hydrogen (secondary N) is 2. The third-order valence-electron chi connectivity index (χ3n) is 3.78. The molecule has 2 N–H and O–H groups in total. The van der Waals surface area contributed by atoms with Crippen LogP contribution >= 0.6 is 11.6 Å². The van der Waals surface area contributed by atoms with Crippen molar-refractivity contribution in [3.8, 4) is 0 Å². The molecule has 0 aliphatic carbocycles. The van der Waals surface area contributed by atoms with E-state index in [1.165, 1.54) is 13.0 Å². The first-order valence-corrected chi connectivity index (χ1v) is 10.0. The summed E-state index contributed by atoms with van der Waals surface area (Å²) in [7, 11) is -3.70. The molecule has 10 heteroatoms. The van der Waals surface area contributed by atoms with Gasteiger partial charge in [0.25, 0.3) is 15.9 Å². The quantitative estimate of drug-likeness (QED) is 0.716. The van der Waals surface area contributed by atoms with Crippen molar-refractivity contribution in [3.63, 3.8) is 0 Å². The number of aliphatic imine (C=N–C) groups is 1. The highest BCUT2D eigenvalue weighted by atomic mass is 35.5. The Morgan fingerprint density at radius 3 is 2.71 bits per heavy atom. The molecule has 3 rings (SSSR count). The third-order valence-corrected chi connectivity index (χ3v) is 5.41. The van der Waals surface area contributed by atoms with Gasteiger partial charge in [-0.15, -0.1) is 0 Å². The number of esters is 1. The van der Waals surface area contributed by atoms with E-state index in [9.17, 15) is 18.0 Å². The number of anilines is 1. The van der Waals surface area contributed by atoms with Crippen LogP contribution in [0.3, 0.4) is 0 Å². The molecule has 146 valence electrons. The lowest BCUT2D eigenvalue weighted by Gasteiger charge is -2.10. The van der Waals surface area contributed by atoms with Gasteiger partial charge in [-0.25, -0.2) is 13.2 Å². The Labute approximate surface area is 166 Å². The molecule has 1 aliphatic heterocycles. The van der Waals surface area contributed by atoms with Crippen LogP contribution in [0.2, 0.25) is 5.02 Å². The third kappa shape index (κ3) is 4.49. The molecular formula is C18H16ClN3O5S. The van der Waals surface area contributed by atoms with Crippen molar-refractivity contribution in [1.82, 2.24) is 4.72 Å². The lowest BCUT2D eigenvalue weighted by molar-refractivity contribution is -0.148. The van der Waals surface area contributed by atoms with Crippen molar-refractivity contribution >= 4 is 45.0 Å². The summed E-state index contributed by atoms with van der Waals surface area (Å²) in [6.45, 7) is 0.933. The van der Waals surface area contributed by atoms with Crippen LogP contribution in [0.5, 0.6) is 0 Å². The van der Waals surface area contributed by atoms with Crippen molar-refractivity contribution < 1.29 is 22.7 Å². The van der Waals surface area contributed by atoms with Crippen LogP contribution in [0.1, 0.15) is 12.5 Å². The minimum atomic E-state index is -3.70. The van der Waals surface area contributed by atoms with E-state index in [-0.39, 0.29) is 10.7 Å². The maximum Gasteiger partial charge on any atom is 0.331 e. The smallest absolute Gasteiger partial charge is 0.331 e. The summed E-state index contributed by atoms with van der Waals surface area (Å²) < 4.78 is 31.4. The molecule has 2 aromatic carbocycles. The van der Waals surface area contributed by atoms with E-state index < -0.39 is 34.5 Å². The summed E-state index contributed by atoms with van der Waals surface area (Å²) in [6, 6.07) is 11.8. The number of hydrogen-bond acceptors (Lipinski definition) is 6. The fourth-order valence-corrected chi connectivity index (χ4v) is 3.93. The molecule has 1 aliphatic rings. The molecule has 2 aromatic rings. The molecule has 0 unspecified atom stereocenters. The molecule has 0 fully saturated rings. The highest BCUT2D eigenvalue weighted by molar-refractivity contribution is 7.90. The lowest BCUT2D eigenvalue weighted by atomic mass is 10.2. The summed E-state index contributed by atoms with van der Waals surface area (Å²) >= 11 is 5.83. The molecule has 1 heterocycles. The number of amidine groups is 1. The van der Waals surface area contributed by atoms with Crippen LogP contribution < -0.4 is 10.0 Å². The largest absolute Gasteiger partial charge is 0.454 e. The van der Waals surface area contributed by atoms with Crippen LogP contribution in [0.15, 0.2) is 58.4 Å². The second-order valence-corrected chi connectivity index (χ2v) is 8.01. The van der Waals surface area contributed by atoms with E-state index in [0.717, 1.165) is 0 Å². The zero-order valence-corrected chi connectivity index (χ0v) is 16.3. The first-order valence-electron chi connectivity index (χ1n) is 8.18. The highest BCUT2D eigenvalue weighted by Gasteiger charge is 2.31. The Balaban J connectivity index is 1.61. The summed E-state index contributed by atoms with van der Waals surface area (Å²) in [5.74, 6) is -1.25. The number of carbonyl (C=O) groups excluding carboxylic acids is 2. The maximum atomic E-state index is 12.1. The minimum Gasteiger partial charge on any atom is -0.454 e. The minimum absolute atomic E-state index is 0.0587. The number of hydrogen-bond donors (Lipinski definition) is 2. The van der Waals surface area contributed by atoms with E-state index in [1.807, 2.05) is 0 Å². The molecule has 0 aromatic heterocycles. The second-order valence-electron chi connectivity index (χ2n) is 5.92. The second kappa shape index (κ2) is 7.99. The van der Waals surface area contributed by atoms with Gasteiger partial charge in [-0.2, -0.15) is 0 Å². The van der Waals surface area contributed by atoms with E-state index in [4.69, 9.17) is 16.3 Å². The molecule has 0 spiro atoms. The number of benzene rings is 2. The number of sulfonamides is 1. The van der Waals surface area contributed by atoms with Gasteiger partial charge in [0.15, 0.2) is 6.61 Å². The number of fused-ring (bicyclic) bond motifs is 1. The number of carbonyl (C=O) groups is 2. The van der Waals surface area contributed by atoms with E-state index in [0.29, 0.717) is 16.3 Å². The van der Waals surface area contributed by atoms with Crippen LogP contribution in [-0.2, 0) is 24.3 Å². The van der Waals surface area contributed by atoms with Gasteiger partial charge >= 0.3 is 5.97 Å². The van der Waals surface area contributed by atoms with Crippen molar-refractivity contribution in [1.29, 1.82) is 0 Å². The lowest BCUT2D eigenvalue weighted by Crippen LogP contribution is -2.28. The van der Waals surface area contributed by atoms with Crippen LogP contribution in [0.4, 0.5) is 5.69 Å². The van der Waals surface area contributed by atoms with Gasteiger partial charge in [-0.1, -0.05) is 29.8 Å². The van der Waals surface area contributed by atoms with Crippen molar-refractivity contribution in [2.75, 3.05) is 11.9 Å². The zero-order chi connectivity index (χ0) is 20.3. The Kier molecular flexibility index (Phi) is 5.66. The van der Waals surface area contributed by atoms with Crippen LogP contribution in [-0.4, -0.2) is 38.8 Å². The van der Waals surface area contributed by atoms with E-state index >= 15 is 0 Å². The van der Waals surface area contributed by atoms with Crippen LogP contribution in [0, 0.1) is 0 Å². The van der Waals surface area contributed by atoms with Crippen molar-refractivity contribution in [2.24, 2.45) is 4.99 Å².